The summed E-state index contributed by atoms with van der Waals surface area (Å²) in [6.07, 6.45) is 0.284. The minimum Gasteiger partial charge on any atom is -0.444 e. The van der Waals surface area contributed by atoms with E-state index in [0.29, 0.717) is 6.42 Å². The molecule has 4 N–H and O–H groups in total. The zero-order chi connectivity index (χ0) is 12.8. The molecule has 0 radical (unpaired) electrons. The molecule has 0 saturated heterocycles. The molecule has 1 amide bonds. The number of rotatable bonds is 5. The van der Waals surface area contributed by atoms with Gasteiger partial charge in [0.1, 0.15) is 5.60 Å². The average Bonchev–Trinajstić information content (AvgIpc) is 2.11. The molecule has 0 rings (SSSR count). The molecule has 0 aliphatic carbocycles. The summed E-state index contributed by atoms with van der Waals surface area (Å²) >= 11 is 0. The molecule has 0 bridgehead atoms. The second-order valence-corrected chi connectivity index (χ2v) is 4.84. The number of alkyl carbamates (subject to hydrolysis) is 1. The average molecular weight is 232 g/mol. The molecule has 96 valence electrons. The lowest BCUT2D eigenvalue weighted by Crippen LogP contribution is -2.49. The number of nitrogens with one attached hydrogen (secondary N) is 1. The van der Waals surface area contributed by atoms with Crippen molar-refractivity contribution in [3.8, 4) is 0 Å². The van der Waals surface area contributed by atoms with E-state index in [1.165, 1.54) is 0 Å². The van der Waals surface area contributed by atoms with Crippen LogP contribution in [-0.2, 0) is 4.74 Å². The van der Waals surface area contributed by atoms with Gasteiger partial charge in [0.05, 0.1) is 12.1 Å². The first-order chi connectivity index (χ1) is 7.30. The summed E-state index contributed by atoms with van der Waals surface area (Å²) in [6, 6.07) is -0.449. The number of aliphatic hydroxyl groups excluding tert-OH is 1. The van der Waals surface area contributed by atoms with Crippen molar-refractivity contribution >= 4 is 6.09 Å². The molecule has 0 aromatic heterocycles. The summed E-state index contributed by atoms with van der Waals surface area (Å²) < 4.78 is 5.08. The van der Waals surface area contributed by atoms with E-state index in [1.807, 2.05) is 6.92 Å². The molecule has 0 aliphatic rings. The van der Waals surface area contributed by atoms with Crippen LogP contribution in [0.25, 0.3) is 0 Å². The third-order valence-corrected chi connectivity index (χ3v) is 2.00. The van der Waals surface area contributed by atoms with Crippen LogP contribution in [0.2, 0.25) is 0 Å². The number of amides is 1. The van der Waals surface area contributed by atoms with Gasteiger partial charge in [-0.15, -0.1) is 0 Å². The highest BCUT2D eigenvalue weighted by Crippen LogP contribution is 2.08. The first-order valence-corrected chi connectivity index (χ1v) is 5.67. The summed E-state index contributed by atoms with van der Waals surface area (Å²) in [6.45, 7) is 7.51. The molecular weight excluding hydrogens is 208 g/mol. The predicted octanol–water partition coefficient (Wildman–Crippen LogP) is 0.999. The van der Waals surface area contributed by atoms with Crippen LogP contribution >= 0.6 is 0 Å². The van der Waals surface area contributed by atoms with Crippen LogP contribution in [0.3, 0.4) is 0 Å². The Hall–Kier alpha value is -0.810. The number of carbonyl (C=O) groups is 1. The maximum absolute atomic E-state index is 11.4. The Morgan fingerprint density at radius 2 is 2.06 bits per heavy atom. The molecule has 2 atom stereocenters. The van der Waals surface area contributed by atoms with Gasteiger partial charge >= 0.3 is 6.09 Å². The summed E-state index contributed by atoms with van der Waals surface area (Å²) in [5.74, 6) is 0. The van der Waals surface area contributed by atoms with E-state index in [-0.39, 0.29) is 6.54 Å². The van der Waals surface area contributed by atoms with E-state index in [4.69, 9.17) is 10.5 Å². The molecule has 0 saturated carbocycles. The third kappa shape index (κ3) is 6.63. The van der Waals surface area contributed by atoms with Gasteiger partial charge in [-0.3, -0.25) is 0 Å². The molecule has 5 heteroatoms. The van der Waals surface area contributed by atoms with E-state index in [9.17, 15) is 9.90 Å². The van der Waals surface area contributed by atoms with Crippen LogP contribution in [0.1, 0.15) is 40.5 Å². The van der Waals surface area contributed by atoms with Crippen LogP contribution < -0.4 is 11.1 Å². The minimum atomic E-state index is -0.623. The fourth-order valence-electron chi connectivity index (χ4n) is 1.27. The highest BCUT2D eigenvalue weighted by Gasteiger charge is 2.22. The van der Waals surface area contributed by atoms with Crippen LogP contribution in [-0.4, -0.2) is 35.5 Å². The normalized spacial score (nSPS) is 15.4. The number of nitrogens with two attached hydrogens (primary N) is 1. The van der Waals surface area contributed by atoms with Gasteiger partial charge < -0.3 is 20.9 Å². The third-order valence-electron chi connectivity index (χ3n) is 2.00. The van der Waals surface area contributed by atoms with Crippen molar-refractivity contribution in [2.75, 3.05) is 6.54 Å². The largest absolute Gasteiger partial charge is 0.444 e. The number of hydrogen-bond acceptors (Lipinski definition) is 4. The Balaban J connectivity index is 4.16. The van der Waals surface area contributed by atoms with Gasteiger partial charge in [0.2, 0.25) is 0 Å². The summed E-state index contributed by atoms with van der Waals surface area (Å²) in [4.78, 5) is 11.4. The van der Waals surface area contributed by atoms with Crippen LogP contribution in [0.4, 0.5) is 4.79 Å². The molecule has 0 spiro atoms. The second kappa shape index (κ2) is 6.70. The van der Waals surface area contributed by atoms with Crippen molar-refractivity contribution in [1.29, 1.82) is 0 Å². The monoisotopic (exact) mass is 232 g/mol. The van der Waals surface area contributed by atoms with Gasteiger partial charge in [-0.1, -0.05) is 13.3 Å². The number of aliphatic hydroxyl groups is 1. The SMILES string of the molecule is CCCC(O)C(CN)NC(=O)OC(C)(C)C. The highest BCUT2D eigenvalue weighted by molar-refractivity contribution is 5.68. The summed E-state index contributed by atoms with van der Waals surface area (Å²) in [7, 11) is 0. The molecule has 0 aromatic rings. The summed E-state index contributed by atoms with van der Waals surface area (Å²) in [5.41, 5.74) is 4.94. The van der Waals surface area contributed by atoms with Gasteiger partial charge in [0, 0.05) is 6.54 Å². The highest BCUT2D eigenvalue weighted by atomic mass is 16.6. The number of ether oxygens (including phenoxy) is 1. The van der Waals surface area contributed by atoms with Crippen molar-refractivity contribution in [1.82, 2.24) is 5.32 Å². The van der Waals surface area contributed by atoms with E-state index in [0.717, 1.165) is 6.42 Å². The van der Waals surface area contributed by atoms with Gasteiger partial charge in [-0.25, -0.2) is 4.79 Å². The topological polar surface area (TPSA) is 84.6 Å². The Kier molecular flexibility index (Phi) is 6.36. The fourth-order valence-corrected chi connectivity index (χ4v) is 1.27. The number of hydrogen-bond donors (Lipinski definition) is 3. The molecule has 2 unspecified atom stereocenters. The Morgan fingerprint density at radius 3 is 2.44 bits per heavy atom. The quantitative estimate of drug-likeness (QED) is 0.660. The lowest BCUT2D eigenvalue weighted by Gasteiger charge is -2.25. The van der Waals surface area contributed by atoms with Gasteiger partial charge in [-0.2, -0.15) is 0 Å². The minimum absolute atomic E-state index is 0.195. The van der Waals surface area contributed by atoms with Crippen LogP contribution in [0.15, 0.2) is 0 Å². The van der Waals surface area contributed by atoms with E-state index in [2.05, 4.69) is 5.32 Å². The van der Waals surface area contributed by atoms with E-state index < -0.39 is 23.8 Å². The fraction of sp³-hybridized carbons (Fsp3) is 0.909. The Labute approximate surface area is 97.3 Å². The first-order valence-electron chi connectivity index (χ1n) is 5.67. The molecule has 0 aliphatic heterocycles. The van der Waals surface area contributed by atoms with Crippen LogP contribution in [0, 0.1) is 0 Å². The maximum Gasteiger partial charge on any atom is 0.408 e. The molecule has 0 heterocycles. The standard InChI is InChI=1S/C11H24N2O3/c1-5-6-9(14)8(7-12)13-10(15)16-11(2,3)4/h8-9,14H,5-7,12H2,1-4H3,(H,13,15). The zero-order valence-corrected chi connectivity index (χ0v) is 10.6. The zero-order valence-electron chi connectivity index (χ0n) is 10.6. The van der Waals surface area contributed by atoms with Gasteiger partial charge in [0.15, 0.2) is 0 Å². The van der Waals surface area contributed by atoms with Gasteiger partial charge in [-0.05, 0) is 27.2 Å². The Bertz CT molecular complexity index is 214. The smallest absolute Gasteiger partial charge is 0.408 e. The lowest BCUT2D eigenvalue weighted by molar-refractivity contribution is 0.0420. The second-order valence-electron chi connectivity index (χ2n) is 4.84. The molecular formula is C11H24N2O3. The maximum atomic E-state index is 11.4. The van der Waals surface area contributed by atoms with E-state index >= 15 is 0 Å². The molecule has 0 fully saturated rings. The van der Waals surface area contributed by atoms with Crippen molar-refractivity contribution in [3.63, 3.8) is 0 Å². The predicted molar refractivity (Wildman–Crippen MR) is 63.1 cm³/mol. The summed E-state index contributed by atoms with van der Waals surface area (Å²) in [5, 5.41) is 12.3. The lowest BCUT2D eigenvalue weighted by atomic mass is 10.1. The number of carbonyl (C=O) groups excluding carboxylic acids is 1. The first kappa shape index (κ1) is 15.2. The molecule has 5 nitrogen and oxygen atoms in total. The van der Waals surface area contributed by atoms with Crippen molar-refractivity contribution in [3.05, 3.63) is 0 Å². The molecule has 16 heavy (non-hydrogen) atoms. The van der Waals surface area contributed by atoms with Crippen molar-refractivity contribution in [2.24, 2.45) is 5.73 Å². The van der Waals surface area contributed by atoms with Gasteiger partial charge in [0.25, 0.3) is 0 Å². The molecule has 0 aromatic carbocycles. The van der Waals surface area contributed by atoms with Crippen molar-refractivity contribution in [2.45, 2.75) is 58.3 Å². The van der Waals surface area contributed by atoms with Crippen molar-refractivity contribution < 1.29 is 14.6 Å². The van der Waals surface area contributed by atoms with E-state index in [1.54, 1.807) is 20.8 Å². The van der Waals surface area contributed by atoms with Crippen LogP contribution in [0.5, 0.6) is 0 Å². The Morgan fingerprint density at radius 1 is 1.50 bits per heavy atom.